The van der Waals surface area contributed by atoms with Crippen LogP contribution in [0.2, 0.25) is 0 Å². The van der Waals surface area contributed by atoms with E-state index in [2.05, 4.69) is 5.32 Å². The van der Waals surface area contributed by atoms with Gasteiger partial charge in [0, 0.05) is 12.0 Å². The Kier molecular flexibility index (Phi) is 6.31. The molecule has 0 aliphatic rings. The average Bonchev–Trinajstić information content (AvgIpc) is 2.48. The van der Waals surface area contributed by atoms with Gasteiger partial charge in [-0.2, -0.15) is 0 Å². The summed E-state index contributed by atoms with van der Waals surface area (Å²) < 4.78 is 5.24. The van der Waals surface area contributed by atoms with Gasteiger partial charge in [0.15, 0.2) is 18.1 Å². The van der Waals surface area contributed by atoms with Crippen LogP contribution in [0.5, 0.6) is 11.5 Å². The fourth-order valence-corrected chi connectivity index (χ4v) is 1.84. The number of aromatic hydroxyl groups is 1. The van der Waals surface area contributed by atoms with Crippen LogP contribution in [0.4, 0.5) is 0 Å². The van der Waals surface area contributed by atoms with Crippen LogP contribution in [0.1, 0.15) is 26.7 Å². The maximum atomic E-state index is 11.7. The predicted molar refractivity (Wildman–Crippen MR) is 76.7 cm³/mol. The highest BCUT2D eigenvalue weighted by atomic mass is 16.5. The summed E-state index contributed by atoms with van der Waals surface area (Å²) in [4.78, 5) is 11.7. The van der Waals surface area contributed by atoms with Crippen molar-refractivity contribution in [1.29, 1.82) is 0 Å². The lowest BCUT2D eigenvalue weighted by Crippen LogP contribution is -2.41. The minimum absolute atomic E-state index is 0.00659. The van der Waals surface area contributed by atoms with Crippen molar-refractivity contribution in [3.63, 3.8) is 0 Å². The van der Waals surface area contributed by atoms with Gasteiger partial charge in [-0.15, -0.1) is 0 Å². The Bertz CT molecular complexity index is 421. The highest BCUT2D eigenvalue weighted by molar-refractivity contribution is 5.77. The van der Waals surface area contributed by atoms with Crippen molar-refractivity contribution < 1.29 is 19.7 Å². The number of para-hydroxylation sites is 2. The minimum atomic E-state index is -0.273. The summed E-state index contributed by atoms with van der Waals surface area (Å²) in [6, 6.07) is 6.50. The molecule has 0 saturated carbocycles. The highest BCUT2D eigenvalue weighted by Gasteiger charge is 2.25. The minimum Gasteiger partial charge on any atom is -0.504 e. The van der Waals surface area contributed by atoms with Crippen molar-refractivity contribution in [3.05, 3.63) is 24.3 Å². The van der Waals surface area contributed by atoms with E-state index in [0.29, 0.717) is 6.54 Å². The van der Waals surface area contributed by atoms with Gasteiger partial charge in [-0.1, -0.05) is 26.0 Å². The first kappa shape index (κ1) is 16.3. The van der Waals surface area contributed by atoms with Crippen molar-refractivity contribution in [1.82, 2.24) is 5.32 Å². The average molecular weight is 281 g/mol. The Morgan fingerprint density at radius 1 is 1.30 bits per heavy atom. The summed E-state index contributed by atoms with van der Waals surface area (Å²) in [6.07, 6.45) is 1.58. The quantitative estimate of drug-likeness (QED) is 0.677. The molecule has 1 amide bonds. The Labute approximate surface area is 119 Å². The molecular weight excluding hydrogens is 258 g/mol. The highest BCUT2D eigenvalue weighted by Crippen LogP contribution is 2.25. The third kappa shape index (κ3) is 4.42. The number of aliphatic hydroxyl groups is 1. The number of phenolic OH excluding ortho intramolecular Hbond substituents is 1. The molecule has 0 heterocycles. The molecular formula is C15H23NO4. The maximum Gasteiger partial charge on any atom is 0.257 e. The van der Waals surface area contributed by atoms with Gasteiger partial charge in [-0.05, 0) is 25.0 Å². The summed E-state index contributed by atoms with van der Waals surface area (Å²) in [7, 11) is 0. The number of amides is 1. The molecule has 0 radical (unpaired) electrons. The second kappa shape index (κ2) is 7.75. The molecule has 0 aliphatic carbocycles. The van der Waals surface area contributed by atoms with Gasteiger partial charge in [0.25, 0.3) is 5.91 Å². The molecule has 0 unspecified atom stereocenters. The number of hydrogen-bond acceptors (Lipinski definition) is 4. The van der Waals surface area contributed by atoms with Crippen LogP contribution >= 0.6 is 0 Å². The van der Waals surface area contributed by atoms with Gasteiger partial charge in [0.2, 0.25) is 0 Å². The lowest BCUT2D eigenvalue weighted by atomic mass is 9.83. The summed E-state index contributed by atoms with van der Waals surface area (Å²) in [6.45, 7) is 4.28. The maximum absolute atomic E-state index is 11.7. The first-order valence-electron chi connectivity index (χ1n) is 6.85. The SMILES string of the molecule is CCC(CC)(CO)CNC(=O)COc1ccccc1O. The van der Waals surface area contributed by atoms with Gasteiger partial charge in [-0.25, -0.2) is 0 Å². The molecule has 0 fully saturated rings. The van der Waals surface area contributed by atoms with Crippen LogP contribution < -0.4 is 10.1 Å². The zero-order valence-electron chi connectivity index (χ0n) is 12.1. The third-order valence-electron chi connectivity index (χ3n) is 3.72. The molecule has 5 heteroatoms. The summed E-state index contributed by atoms with van der Waals surface area (Å²) in [5.74, 6) is 0.0159. The van der Waals surface area contributed by atoms with Crippen molar-refractivity contribution >= 4 is 5.91 Å². The van der Waals surface area contributed by atoms with Crippen LogP contribution in [0.3, 0.4) is 0 Å². The number of ether oxygens (including phenoxy) is 1. The van der Waals surface area contributed by atoms with Crippen LogP contribution in [0.25, 0.3) is 0 Å². The second-order valence-electron chi connectivity index (χ2n) is 4.90. The van der Waals surface area contributed by atoms with Crippen LogP contribution in [0.15, 0.2) is 24.3 Å². The van der Waals surface area contributed by atoms with Crippen molar-refractivity contribution in [3.8, 4) is 11.5 Å². The van der Waals surface area contributed by atoms with E-state index < -0.39 is 0 Å². The summed E-state index contributed by atoms with van der Waals surface area (Å²) in [5.41, 5.74) is -0.273. The van der Waals surface area contributed by atoms with Crippen LogP contribution in [0, 0.1) is 5.41 Å². The van der Waals surface area contributed by atoms with Gasteiger partial charge in [0.1, 0.15) is 0 Å². The Morgan fingerprint density at radius 2 is 1.95 bits per heavy atom. The fraction of sp³-hybridized carbons (Fsp3) is 0.533. The van der Waals surface area contributed by atoms with Crippen LogP contribution in [-0.2, 0) is 4.79 Å². The fourth-order valence-electron chi connectivity index (χ4n) is 1.84. The summed E-state index contributed by atoms with van der Waals surface area (Å²) >= 11 is 0. The van der Waals surface area contributed by atoms with Gasteiger partial charge >= 0.3 is 0 Å². The molecule has 0 bridgehead atoms. The monoisotopic (exact) mass is 281 g/mol. The molecule has 1 aromatic carbocycles. The molecule has 0 spiro atoms. The van der Waals surface area contributed by atoms with E-state index in [1.54, 1.807) is 18.2 Å². The molecule has 1 rings (SSSR count). The normalized spacial score (nSPS) is 11.2. The number of rotatable bonds is 8. The number of carbonyl (C=O) groups excluding carboxylic acids is 1. The third-order valence-corrected chi connectivity index (χ3v) is 3.72. The van der Waals surface area contributed by atoms with E-state index in [1.807, 2.05) is 13.8 Å². The standard InChI is InChI=1S/C15H23NO4/c1-3-15(4-2,11-17)10-16-14(19)9-20-13-8-6-5-7-12(13)18/h5-8,17-18H,3-4,9-11H2,1-2H3,(H,16,19). The van der Waals surface area contributed by atoms with E-state index in [-0.39, 0.29) is 36.0 Å². The molecule has 112 valence electrons. The lowest BCUT2D eigenvalue weighted by molar-refractivity contribution is -0.123. The number of nitrogens with one attached hydrogen (secondary N) is 1. The van der Waals surface area contributed by atoms with Crippen LogP contribution in [-0.4, -0.2) is 35.9 Å². The lowest BCUT2D eigenvalue weighted by Gasteiger charge is -2.29. The molecule has 5 nitrogen and oxygen atoms in total. The molecule has 0 aromatic heterocycles. The molecule has 0 atom stereocenters. The number of phenols is 1. The number of hydrogen-bond donors (Lipinski definition) is 3. The van der Waals surface area contributed by atoms with E-state index in [0.717, 1.165) is 12.8 Å². The van der Waals surface area contributed by atoms with Crippen molar-refractivity contribution in [2.75, 3.05) is 19.8 Å². The van der Waals surface area contributed by atoms with Crippen molar-refractivity contribution in [2.24, 2.45) is 5.41 Å². The molecule has 0 aliphatic heterocycles. The molecule has 0 saturated heterocycles. The molecule has 1 aromatic rings. The zero-order valence-corrected chi connectivity index (χ0v) is 12.1. The van der Waals surface area contributed by atoms with Gasteiger partial charge in [-0.3, -0.25) is 4.79 Å². The predicted octanol–water partition coefficient (Wildman–Crippen LogP) is 1.69. The van der Waals surface area contributed by atoms with E-state index >= 15 is 0 Å². The van der Waals surface area contributed by atoms with E-state index in [9.17, 15) is 15.0 Å². The van der Waals surface area contributed by atoms with Crippen molar-refractivity contribution in [2.45, 2.75) is 26.7 Å². The second-order valence-corrected chi connectivity index (χ2v) is 4.90. The summed E-state index contributed by atoms with van der Waals surface area (Å²) in [5, 5.41) is 21.7. The number of benzene rings is 1. The topological polar surface area (TPSA) is 78.8 Å². The van der Waals surface area contributed by atoms with E-state index in [4.69, 9.17) is 4.74 Å². The smallest absolute Gasteiger partial charge is 0.257 e. The number of aliphatic hydroxyl groups excluding tert-OH is 1. The first-order chi connectivity index (χ1) is 9.56. The first-order valence-corrected chi connectivity index (χ1v) is 6.85. The molecule has 20 heavy (non-hydrogen) atoms. The largest absolute Gasteiger partial charge is 0.504 e. The zero-order chi connectivity index (χ0) is 15.0. The number of carbonyl (C=O) groups is 1. The molecule has 3 N–H and O–H groups in total. The Hall–Kier alpha value is -1.75. The Morgan fingerprint density at radius 3 is 2.50 bits per heavy atom. The van der Waals surface area contributed by atoms with Gasteiger partial charge < -0.3 is 20.3 Å². The van der Waals surface area contributed by atoms with E-state index in [1.165, 1.54) is 6.07 Å². The Balaban J connectivity index is 2.43. The van der Waals surface area contributed by atoms with Gasteiger partial charge in [0.05, 0.1) is 6.61 Å².